The van der Waals surface area contributed by atoms with Gasteiger partial charge in [-0.15, -0.1) is 0 Å². The fraction of sp³-hybridized carbons (Fsp3) is 0.481. The van der Waals surface area contributed by atoms with Crippen LogP contribution in [-0.4, -0.2) is 115 Å². The lowest BCUT2D eigenvalue weighted by atomic mass is 9.79. The SMILES string of the molecule is CC1(C)C(/C=C/C2=C(Oc3ccc(CCN=[N+]=[N-])cc3)C(=C/C=C3/C(CCC[N+](C)(C)C)c4ccc(S(C)(=O)=O)cc4C3(C)C)/CCC2)=[N+](CCC[N+](C)(C)C)c2ccc(S(=O)(=O)O)cc21. The van der Waals surface area contributed by atoms with Crippen LogP contribution in [0.3, 0.4) is 0 Å². The number of benzene rings is 3. The highest BCUT2D eigenvalue weighted by Crippen LogP contribution is 2.53. The lowest BCUT2D eigenvalue weighted by molar-refractivity contribution is -0.871. The molecule has 0 aromatic heterocycles. The second-order valence-corrected chi connectivity index (χ2v) is 24.8. The Hall–Kier alpha value is -4.82. The molecule has 1 atom stereocenters. The molecule has 66 heavy (non-hydrogen) atoms. The molecule has 2 aliphatic carbocycles. The number of ether oxygens (including phenoxy) is 1. The largest absolute Gasteiger partial charge is 0.457 e. The third-order valence-electron chi connectivity index (χ3n) is 13.4. The number of nitrogens with zero attached hydrogens (tertiary/aromatic N) is 6. The van der Waals surface area contributed by atoms with Gasteiger partial charge >= 0.3 is 0 Å². The summed E-state index contributed by atoms with van der Waals surface area (Å²) < 4.78 is 71.2. The first-order valence-electron chi connectivity index (χ1n) is 23.0. The van der Waals surface area contributed by atoms with Crippen LogP contribution in [0.4, 0.5) is 5.69 Å². The molecule has 1 N–H and O–H groups in total. The minimum absolute atomic E-state index is 0.119. The summed E-state index contributed by atoms with van der Waals surface area (Å²) in [7, 11) is 5.33. The number of azide groups is 1. The second kappa shape index (κ2) is 19.4. The molecular formula is C52H71N6O6S2+3. The Morgan fingerprint density at radius 2 is 1.48 bits per heavy atom. The van der Waals surface area contributed by atoms with Gasteiger partial charge < -0.3 is 13.7 Å². The number of hydrogen-bond acceptors (Lipinski definition) is 6. The third kappa shape index (κ3) is 11.8. The minimum Gasteiger partial charge on any atom is -0.457 e. The van der Waals surface area contributed by atoms with Crippen molar-refractivity contribution in [1.82, 2.24) is 0 Å². The van der Waals surface area contributed by atoms with E-state index in [1.54, 1.807) is 12.1 Å². The lowest BCUT2D eigenvalue weighted by Gasteiger charge is -2.27. The smallest absolute Gasteiger partial charge is 0.294 e. The summed E-state index contributed by atoms with van der Waals surface area (Å²) in [6.45, 7) is 11.7. The van der Waals surface area contributed by atoms with Crippen molar-refractivity contribution in [2.75, 3.05) is 74.7 Å². The Kier molecular flexibility index (Phi) is 14.9. The summed E-state index contributed by atoms with van der Waals surface area (Å²) in [6.07, 6.45) is 16.0. The molecular weight excluding hydrogens is 869 g/mol. The van der Waals surface area contributed by atoms with E-state index in [0.717, 1.165) is 112 Å². The van der Waals surface area contributed by atoms with Crippen LogP contribution in [0.5, 0.6) is 5.75 Å². The van der Waals surface area contributed by atoms with Crippen LogP contribution in [0.15, 0.2) is 122 Å². The Labute approximate surface area is 394 Å². The lowest BCUT2D eigenvalue weighted by Crippen LogP contribution is -2.36. The van der Waals surface area contributed by atoms with E-state index in [-0.39, 0.29) is 10.8 Å². The first-order chi connectivity index (χ1) is 30.7. The first-order valence-corrected chi connectivity index (χ1v) is 26.4. The molecule has 0 amide bonds. The van der Waals surface area contributed by atoms with Gasteiger partial charge in [0.05, 0.1) is 77.0 Å². The van der Waals surface area contributed by atoms with Crippen molar-refractivity contribution in [2.24, 2.45) is 5.11 Å². The van der Waals surface area contributed by atoms with Crippen LogP contribution >= 0.6 is 0 Å². The standard InChI is InChI=1S/C52H70N6O6S2/c1-51(2)45(43(17-13-33-57(5,6)7)44-26-24-41(35-46(44)51)65(11,59)60)27-20-38-15-12-16-39(50(38)64-40-22-18-37(19-23-40)30-31-54-55-53)21-29-49-52(3,4)47-36-42(66(61,62)63)25-28-48(47)56(49)32-14-34-58(8,9)10/h18-29,35-36,43H,12-17,30-34H2,1-11H3/q+2/p+1/b29-21+,38-20+,45-27-. The summed E-state index contributed by atoms with van der Waals surface area (Å²) >= 11 is 0. The van der Waals surface area contributed by atoms with E-state index in [9.17, 15) is 21.4 Å². The zero-order valence-corrected chi connectivity index (χ0v) is 42.6. The van der Waals surface area contributed by atoms with Crippen molar-refractivity contribution in [1.29, 1.82) is 0 Å². The van der Waals surface area contributed by atoms with Gasteiger partial charge in [0.2, 0.25) is 5.69 Å². The van der Waals surface area contributed by atoms with E-state index >= 15 is 0 Å². The molecule has 0 bridgehead atoms. The van der Waals surface area contributed by atoms with Gasteiger partial charge in [-0.25, -0.2) is 8.42 Å². The molecule has 3 aliphatic rings. The van der Waals surface area contributed by atoms with E-state index in [1.807, 2.05) is 42.5 Å². The number of hydrogen-bond donors (Lipinski definition) is 1. The highest BCUT2D eigenvalue weighted by molar-refractivity contribution is 7.90. The zero-order valence-electron chi connectivity index (χ0n) is 40.9. The van der Waals surface area contributed by atoms with Gasteiger partial charge in [0.25, 0.3) is 10.1 Å². The topological polar surface area (TPSA) is 150 Å². The predicted octanol–water partition coefficient (Wildman–Crippen LogP) is 10.1. The van der Waals surface area contributed by atoms with Gasteiger partial charge in [-0.05, 0) is 128 Å². The Morgan fingerprint density at radius 1 is 0.833 bits per heavy atom. The van der Waals surface area contributed by atoms with Crippen LogP contribution in [0.2, 0.25) is 0 Å². The van der Waals surface area contributed by atoms with Crippen molar-refractivity contribution < 1.29 is 39.7 Å². The summed E-state index contributed by atoms with van der Waals surface area (Å²) in [5.74, 6) is 1.59. The molecule has 1 aliphatic heterocycles. The van der Waals surface area contributed by atoms with E-state index in [0.29, 0.717) is 23.6 Å². The molecule has 3 aromatic rings. The summed E-state index contributed by atoms with van der Waals surface area (Å²) in [6, 6.07) is 18.5. The molecule has 12 nitrogen and oxygen atoms in total. The van der Waals surface area contributed by atoms with Crippen LogP contribution < -0.4 is 4.74 Å². The third-order valence-corrected chi connectivity index (χ3v) is 15.3. The molecule has 1 heterocycles. The Morgan fingerprint density at radius 3 is 2.12 bits per heavy atom. The molecule has 0 spiro atoms. The molecule has 0 saturated heterocycles. The normalized spacial score (nSPS) is 19.7. The maximum atomic E-state index is 12.8. The number of sulfone groups is 1. The van der Waals surface area contributed by atoms with Gasteiger partial charge in [0, 0.05) is 46.8 Å². The molecule has 0 saturated carbocycles. The Balaban J connectivity index is 1.48. The quantitative estimate of drug-likeness (QED) is 0.0335. The van der Waals surface area contributed by atoms with Crippen molar-refractivity contribution in [2.45, 2.75) is 99.2 Å². The van der Waals surface area contributed by atoms with Crippen LogP contribution in [0.1, 0.15) is 94.4 Å². The van der Waals surface area contributed by atoms with Gasteiger partial charge in [-0.3, -0.25) is 4.55 Å². The summed E-state index contributed by atoms with van der Waals surface area (Å²) in [5, 5.41) is 3.70. The van der Waals surface area contributed by atoms with E-state index in [2.05, 4.69) is 109 Å². The Bertz CT molecular complexity index is 2780. The van der Waals surface area contributed by atoms with E-state index < -0.39 is 30.8 Å². The van der Waals surface area contributed by atoms with Crippen LogP contribution in [0, 0.1) is 0 Å². The maximum absolute atomic E-state index is 12.8. The fourth-order valence-electron chi connectivity index (χ4n) is 9.82. The second-order valence-electron chi connectivity index (χ2n) is 21.3. The zero-order chi connectivity index (χ0) is 48.5. The van der Waals surface area contributed by atoms with Gasteiger partial charge in [0.1, 0.15) is 11.5 Å². The van der Waals surface area contributed by atoms with Crippen molar-refractivity contribution in [3.8, 4) is 5.75 Å². The van der Waals surface area contributed by atoms with Crippen molar-refractivity contribution >= 4 is 31.4 Å². The van der Waals surface area contributed by atoms with Crippen molar-refractivity contribution in [3.05, 3.63) is 140 Å². The molecule has 1 unspecified atom stereocenters. The molecule has 0 fully saturated rings. The molecule has 0 radical (unpaired) electrons. The summed E-state index contributed by atoms with van der Waals surface area (Å²) in [5.41, 5.74) is 17.2. The maximum Gasteiger partial charge on any atom is 0.294 e. The van der Waals surface area contributed by atoms with Gasteiger partial charge in [0.15, 0.2) is 22.1 Å². The number of allylic oxidation sites excluding steroid dienone is 7. The number of fused-ring (bicyclic) bond motifs is 2. The van der Waals surface area contributed by atoms with E-state index in [4.69, 9.17) is 10.3 Å². The van der Waals surface area contributed by atoms with Gasteiger partial charge in [-0.2, -0.15) is 13.0 Å². The fourth-order valence-corrected chi connectivity index (χ4v) is 11.0. The van der Waals surface area contributed by atoms with Crippen LogP contribution in [-0.2, 0) is 37.2 Å². The molecule has 3 aromatic carbocycles. The van der Waals surface area contributed by atoms with Gasteiger partial charge in [-0.1, -0.05) is 54.9 Å². The highest BCUT2D eigenvalue weighted by Gasteiger charge is 2.45. The van der Waals surface area contributed by atoms with Crippen LogP contribution in [0.25, 0.3) is 10.4 Å². The number of quaternary nitrogens is 2. The molecule has 6 rings (SSSR count). The highest BCUT2D eigenvalue weighted by atomic mass is 32.2. The average Bonchev–Trinajstić information content (AvgIpc) is 3.56. The predicted molar refractivity (Wildman–Crippen MR) is 265 cm³/mol. The summed E-state index contributed by atoms with van der Waals surface area (Å²) in [4.78, 5) is 3.11. The van der Waals surface area contributed by atoms with E-state index in [1.165, 1.54) is 23.5 Å². The average molecular weight is 940 g/mol. The minimum atomic E-state index is -4.41. The number of rotatable bonds is 18. The first kappa shape index (κ1) is 50.6. The molecule has 14 heteroatoms. The molecule has 354 valence electrons. The van der Waals surface area contributed by atoms with Crippen molar-refractivity contribution in [3.63, 3.8) is 0 Å². The monoisotopic (exact) mass is 939 g/mol.